The van der Waals surface area contributed by atoms with Gasteiger partial charge in [-0.2, -0.15) is 0 Å². The Morgan fingerprint density at radius 3 is 2.70 bits per heavy atom. The number of hydrogen-bond donors (Lipinski definition) is 0. The van der Waals surface area contributed by atoms with Gasteiger partial charge < -0.3 is 4.74 Å². The quantitative estimate of drug-likeness (QED) is 0.470. The first-order chi connectivity index (χ1) is 4.61. The fraction of sp³-hybridized carbons (Fsp3) is 1.00. The Morgan fingerprint density at radius 2 is 2.10 bits per heavy atom. The molecule has 3 unspecified atom stereocenters. The van der Waals surface area contributed by atoms with E-state index < -0.39 is 0 Å². The average Bonchev–Trinajstić information content (AvgIpc) is 2.58. The van der Waals surface area contributed by atoms with Crippen molar-refractivity contribution in [3.63, 3.8) is 0 Å². The minimum atomic E-state index is 0.469. The molecule has 10 heavy (non-hydrogen) atoms. The third-order valence-electron chi connectivity index (χ3n) is 3.10. The van der Waals surface area contributed by atoms with E-state index in [9.17, 15) is 0 Å². The molecular formula is C9H16O. The van der Waals surface area contributed by atoms with E-state index in [2.05, 4.69) is 20.8 Å². The molecule has 3 atom stereocenters. The predicted octanol–water partition coefficient (Wildman–Crippen LogP) is 2.21. The van der Waals surface area contributed by atoms with E-state index in [4.69, 9.17) is 4.74 Å². The molecule has 2 rings (SSSR count). The van der Waals surface area contributed by atoms with Crippen LogP contribution in [0.5, 0.6) is 0 Å². The molecule has 1 saturated carbocycles. The molecule has 0 N–H and O–H groups in total. The van der Waals surface area contributed by atoms with Crippen LogP contribution < -0.4 is 0 Å². The van der Waals surface area contributed by atoms with Gasteiger partial charge in [0.05, 0.1) is 12.2 Å². The van der Waals surface area contributed by atoms with Crippen molar-refractivity contribution in [2.45, 2.75) is 45.8 Å². The van der Waals surface area contributed by atoms with E-state index in [1.54, 1.807) is 0 Å². The molecule has 1 nitrogen and oxygen atoms in total. The molecule has 0 amide bonds. The summed E-state index contributed by atoms with van der Waals surface area (Å²) in [6.07, 6.45) is 3.91. The lowest BCUT2D eigenvalue weighted by atomic mass is 9.74. The van der Waals surface area contributed by atoms with Crippen LogP contribution in [-0.2, 0) is 4.74 Å². The Hall–Kier alpha value is -0.0400. The van der Waals surface area contributed by atoms with Crippen LogP contribution in [0.3, 0.4) is 0 Å². The highest BCUT2D eigenvalue weighted by molar-refractivity contribution is 5.02. The van der Waals surface area contributed by atoms with Crippen molar-refractivity contribution >= 4 is 0 Å². The van der Waals surface area contributed by atoms with Crippen LogP contribution in [0.2, 0.25) is 0 Å². The fourth-order valence-electron chi connectivity index (χ4n) is 2.09. The second kappa shape index (κ2) is 1.76. The van der Waals surface area contributed by atoms with E-state index >= 15 is 0 Å². The molecule has 0 aromatic rings. The van der Waals surface area contributed by atoms with Gasteiger partial charge in [0, 0.05) is 0 Å². The summed E-state index contributed by atoms with van der Waals surface area (Å²) in [5, 5.41) is 0. The lowest BCUT2D eigenvalue weighted by Crippen LogP contribution is -2.29. The summed E-state index contributed by atoms with van der Waals surface area (Å²) in [7, 11) is 0. The summed E-state index contributed by atoms with van der Waals surface area (Å²) < 4.78 is 5.61. The third-order valence-corrected chi connectivity index (χ3v) is 3.10. The van der Waals surface area contributed by atoms with Crippen molar-refractivity contribution in [2.24, 2.45) is 11.3 Å². The van der Waals surface area contributed by atoms with Crippen LogP contribution in [0, 0.1) is 11.3 Å². The SMILES string of the molecule is CC1CCC(C)(C)C2OC12. The number of epoxide rings is 1. The summed E-state index contributed by atoms with van der Waals surface area (Å²) in [4.78, 5) is 0. The van der Waals surface area contributed by atoms with Crippen LogP contribution in [0.1, 0.15) is 33.6 Å². The second-order valence-electron chi connectivity index (χ2n) is 4.53. The average molecular weight is 140 g/mol. The molecule has 2 fully saturated rings. The molecule has 0 aromatic heterocycles. The lowest BCUT2D eigenvalue weighted by molar-refractivity contribution is 0.221. The van der Waals surface area contributed by atoms with Crippen LogP contribution in [0.25, 0.3) is 0 Å². The van der Waals surface area contributed by atoms with Gasteiger partial charge in [-0.1, -0.05) is 20.8 Å². The summed E-state index contributed by atoms with van der Waals surface area (Å²) in [5.41, 5.74) is 0.469. The highest BCUT2D eigenvalue weighted by atomic mass is 16.6. The summed E-state index contributed by atoms with van der Waals surface area (Å²) >= 11 is 0. The zero-order valence-electron chi connectivity index (χ0n) is 7.05. The number of ether oxygens (including phenoxy) is 1. The molecule has 0 aromatic carbocycles. The largest absolute Gasteiger partial charge is 0.369 e. The van der Waals surface area contributed by atoms with Gasteiger partial charge in [-0.15, -0.1) is 0 Å². The highest BCUT2D eigenvalue weighted by Crippen LogP contribution is 2.50. The maximum Gasteiger partial charge on any atom is 0.0895 e. The Balaban J connectivity index is 2.09. The van der Waals surface area contributed by atoms with Crippen LogP contribution in [0.4, 0.5) is 0 Å². The van der Waals surface area contributed by atoms with E-state index in [1.807, 2.05) is 0 Å². The molecule has 1 aliphatic carbocycles. The maximum atomic E-state index is 5.61. The van der Waals surface area contributed by atoms with E-state index in [0.717, 1.165) is 5.92 Å². The van der Waals surface area contributed by atoms with E-state index in [-0.39, 0.29) is 0 Å². The van der Waals surface area contributed by atoms with Crippen molar-refractivity contribution in [2.75, 3.05) is 0 Å². The normalized spacial score (nSPS) is 50.1. The molecule has 1 saturated heterocycles. The first-order valence-electron chi connectivity index (χ1n) is 4.27. The fourth-order valence-corrected chi connectivity index (χ4v) is 2.09. The Labute approximate surface area is 62.8 Å². The number of hydrogen-bond acceptors (Lipinski definition) is 1. The highest BCUT2D eigenvalue weighted by Gasteiger charge is 2.54. The topological polar surface area (TPSA) is 12.5 Å². The van der Waals surface area contributed by atoms with Crippen molar-refractivity contribution in [1.82, 2.24) is 0 Å². The zero-order valence-corrected chi connectivity index (χ0v) is 7.05. The first kappa shape index (κ1) is 6.66. The van der Waals surface area contributed by atoms with E-state index in [0.29, 0.717) is 17.6 Å². The minimum Gasteiger partial charge on any atom is -0.369 e. The first-order valence-corrected chi connectivity index (χ1v) is 4.27. The smallest absolute Gasteiger partial charge is 0.0895 e. The van der Waals surface area contributed by atoms with E-state index in [1.165, 1.54) is 12.8 Å². The van der Waals surface area contributed by atoms with Gasteiger partial charge in [0.15, 0.2) is 0 Å². The molecule has 0 bridgehead atoms. The van der Waals surface area contributed by atoms with Crippen LogP contribution in [0.15, 0.2) is 0 Å². The monoisotopic (exact) mass is 140 g/mol. The van der Waals surface area contributed by atoms with Gasteiger partial charge in [0.2, 0.25) is 0 Å². The van der Waals surface area contributed by atoms with Gasteiger partial charge >= 0.3 is 0 Å². The Kier molecular flexibility index (Phi) is 1.17. The molecule has 1 heteroatoms. The Morgan fingerprint density at radius 1 is 1.40 bits per heavy atom. The summed E-state index contributed by atoms with van der Waals surface area (Å²) in [6.45, 7) is 6.95. The van der Waals surface area contributed by atoms with Crippen molar-refractivity contribution in [1.29, 1.82) is 0 Å². The standard InChI is InChI=1S/C9H16O/c1-6-4-5-9(2,3)8-7(6)10-8/h6-8H,4-5H2,1-3H3. The third kappa shape index (κ3) is 0.800. The van der Waals surface area contributed by atoms with Crippen LogP contribution in [-0.4, -0.2) is 12.2 Å². The number of fused-ring (bicyclic) bond motifs is 1. The second-order valence-corrected chi connectivity index (χ2v) is 4.53. The van der Waals surface area contributed by atoms with Gasteiger partial charge in [-0.25, -0.2) is 0 Å². The maximum absolute atomic E-state index is 5.61. The van der Waals surface area contributed by atoms with Crippen molar-refractivity contribution in [3.05, 3.63) is 0 Å². The molecule has 1 heterocycles. The minimum absolute atomic E-state index is 0.469. The summed E-state index contributed by atoms with van der Waals surface area (Å²) in [6, 6.07) is 0. The van der Waals surface area contributed by atoms with Crippen molar-refractivity contribution in [3.8, 4) is 0 Å². The van der Waals surface area contributed by atoms with Crippen molar-refractivity contribution < 1.29 is 4.74 Å². The molecular weight excluding hydrogens is 124 g/mol. The number of rotatable bonds is 0. The molecule has 0 radical (unpaired) electrons. The molecule has 1 aliphatic heterocycles. The van der Waals surface area contributed by atoms with Gasteiger partial charge in [-0.3, -0.25) is 0 Å². The zero-order chi connectivity index (χ0) is 7.35. The van der Waals surface area contributed by atoms with Gasteiger partial charge in [0.25, 0.3) is 0 Å². The van der Waals surface area contributed by atoms with Gasteiger partial charge in [0.1, 0.15) is 0 Å². The van der Waals surface area contributed by atoms with Crippen LogP contribution >= 0.6 is 0 Å². The van der Waals surface area contributed by atoms with Gasteiger partial charge in [-0.05, 0) is 24.2 Å². The Bertz CT molecular complexity index is 151. The summed E-state index contributed by atoms with van der Waals surface area (Å²) in [5.74, 6) is 0.818. The lowest BCUT2D eigenvalue weighted by Gasteiger charge is -2.28. The molecule has 58 valence electrons. The molecule has 2 aliphatic rings. The molecule has 0 spiro atoms. The predicted molar refractivity (Wildman–Crippen MR) is 40.8 cm³/mol.